The summed E-state index contributed by atoms with van der Waals surface area (Å²) in [4.78, 5) is 25.7. The molecule has 1 heterocycles. The number of methoxy groups -OCH3 is 1. The molecule has 9 heteroatoms. The van der Waals surface area contributed by atoms with Crippen molar-refractivity contribution in [3.05, 3.63) is 41.5 Å². The summed E-state index contributed by atoms with van der Waals surface area (Å²) in [5.74, 6) is -0.556. The Morgan fingerprint density at radius 2 is 2.07 bits per heavy atom. The Morgan fingerprint density at radius 1 is 1.31 bits per heavy atom. The van der Waals surface area contributed by atoms with E-state index in [1.807, 2.05) is 18.8 Å². The van der Waals surface area contributed by atoms with Crippen molar-refractivity contribution in [3.63, 3.8) is 0 Å². The number of hydrogen-bond donors (Lipinski definition) is 1. The molecule has 2 aromatic rings. The number of phenols is 1. The van der Waals surface area contributed by atoms with Gasteiger partial charge in [0.2, 0.25) is 0 Å². The highest BCUT2D eigenvalue weighted by Crippen LogP contribution is 2.38. The van der Waals surface area contributed by atoms with E-state index in [2.05, 4.69) is 21.0 Å². The molecule has 0 aromatic heterocycles. The van der Waals surface area contributed by atoms with E-state index in [9.17, 15) is 20.0 Å². The van der Waals surface area contributed by atoms with Gasteiger partial charge in [-0.15, -0.1) is 10.2 Å². The van der Waals surface area contributed by atoms with Crippen molar-refractivity contribution in [2.75, 3.05) is 25.1 Å². The largest absolute Gasteiger partial charge is 0.506 e. The standard InChI is InChI=1S/C20H19BN4O4/c1-29-20(28)5-7-25-6-4-18(26)14-9-16(19(27)10-17(14)25)24-23-15-3-2-13(21)8-12(15)11-22/h2-3,8-10,27H,4-7,21H2,1H3/b24-23+. The maximum absolute atomic E-state index is 12.4. The highest BCUT2D eigenvalue weighted by Gasteiger charge is 2.25. The molecule has 0 atom stereocenters. The summed E-state index contributed by atoms with van der Waals surface area (Å²) in [7, 11) is 3.19. The summed E-state index contributed by atoms with van der Waals surface area (Å²) in [6, 6.07) is 10.2. The quantitative estimate of drug-likeness (QED) is 0.474. The van der Waals surface area contributed by atoms with E-state index in [-0.39, 0.29) is 29.6 Å². The van der Waals surface area contributed by atoms with Crippen LogP contribution in [0.4, 0.5) is 17.1 Å². The summed E-state index contributed by atoms with van der Waals surface area (Å²) in [6.07, 6.45) is 0.475. The van der Waals surface area contributed by atoms with Crippen molar-refractivity contribution in [1.82, 2.24) is 0 Å². The molecule has 1 N–H and O–H groups in total. The summed E-state index contributed by atoms with van der Waals surface area (Å²) < 4.78 is 4.66. The van der Waals surface area contributed by atoms with Crippen molar-refractivity contribution in [1.29, 1.82) is 5.26 Å². The minimum atomic E-state index is -0.343. The Hall–Kier alpha value is -3.67. The zero-order valence-electron chi connectivity index (χ0n) is 16.2. The zero-order valence-corrected chi connectivity index (χ0v) is 16.2. The number of nitrogens with zero attached hydrogens (tertiary/aromatic N) is 4. The maximum atomic E-state index is 12.4. The molecule has 0 spiro atoms. The number of fused-ring (bicyclic) bond motifs is 1. The number of azo groups is 1. The van der Waals surface area contributed by atoms with Gasteiger partial charge >= 0.3 is 5.97 Å². The number of carbonyl (C=O) groups is 2. The molecule has 29 heavy (non-hydrogen) atoms. The molecule has 146 valence electrons. The predicted molar refractivity (Wildman–Crippen MR) is 109 cm³/mol. The fourth-order valence-corrected chi connectivity index (χ4v) is 3.12. The minimum absolute atomic E-state index is 0.0705. The molecule has 0 radical (unpaired) electrons. The van der Waals surface area contributed by atoms with Crippen molar-refractivity contribution in [2.24, 2.45) is 10.2 Å². The number of hydrogen-bond acceptors (Lipinski definition) is 8. The van der Waals surface area contributed by atoms with Gasteiger partial charge in [0.1, 0.15) is 31.0 Å². The molecule has 3 rings (SSSR count). The number of phenolic OH excluding ortho intramolecular Hbond substituents is 1. The fourth-order valence-electron chi connectivity index (χ4n) is 3.12. The van der Waals surface area contributed by atoms with Crippen LogP contribution < -0.4 is 10.4 Å². The number of ether oxygens (including phenoxy) is 1. The van der Waals surface area contributed by atoms with E-state index < -0.39 is 0 Å². The lowest BCUT2D eigenvalue weighted by atomic mass is 9.94. The summed E-state index contributed by atoms with van der Waals surface area (Å²) in [6.45, 7) is 0.834. The summed E-state index contributed by atoms with van der Waals surface area (Å²) in [5, 5.41) is 27.8. The van der Waals surface area contributed by atoms with E-state index in [0.29, 0.717) is 42.0 Å². The second kappa shape index (κ2) is 8.56. The highest BCUT2D eigenvalue weighted by atomic mass is 16.5. The summed E-state index contributed by atoms with van der Waals surface area (Å²) in [5.41, 5.74) is 2.77. The molecule has 2 aromatic carbocycles. The first-order chi connectivity index (χ1) is 13.9. The minimum Gasteiger partial charge on any atom is -0.506 e. The van der Waals surface area contributed by atoms with E-state index in [1.54, 1.807) is 12.1 Å². The number of ketones is 1. The lowest BCUT2D eigenvalue weighted by Crippen LogP contribution is -2.33. The Kier molecular flexibility index (Phi) is 5.93. The second-order valence-corrected chi connectivity index (χ2v) is 6.68. The van der Waals surface area contributed by atoms with Crippen LogP contribution in [0.25, 0.3) is 0 Å². The van der Waals surface area contributed by atoms with Gasteiger partial charge in [0.15, 0.2) is 5.78 Å². The van der Waals surface area contributed by atoms with Crippen molar-refractivity contribution in [2.45, 2.75) is 12.8 Å². The lowest BCUT2D eigenvalue weighted by molar-refractivity contribution is -0.140. The number of nitriles is 1. The molecule has 0 unspecified atom stereocenters. The molecule has 0 aliphatic carbocycles. The normalized spacial score (nSPS) is 13.2. The Balaban J connectivity index is 1.91. The van der Waals surface area contributed by atoms with Crippen molar-refractivity contribution >= 4 is 42.1 Å². The van der Waals surface area contributed by atoms with E-state index in [4.69, 9.17) is 0 Å². The number of benzene rings is 2. The third-order valence-electron chi connectivity index (χ3n) is 4.69. The average Bonchev–Trinajstić information content (AvgIpc) is 2.72. The number of Topliss-reactive ketones (excluding diaryl/α,β-unsaturated/α-hetero) is 1. The molecule has 8 nitrogen and oxygen atoms in total. The van der Waals surface area contributed by atoms with E-state index >= 15 is 0 Å². The van der Waals surface area contributed by atoms with Gasteiger partial charge in [0, 0.05) is 31.1 Å². The van der Waals surface area contributed by atoms with Gasteiger partial charge in [-0.05, 0) is 18.2 Å². The molecular formula is C20H19BN4O4. The van der Waals surface area contributed by atoms with Crippen LogP contribution in [0, 0.1) is 11.3 Å². The predicted octanol–water partition coefficient (Wildman–Crippen LogP) is 1.89. The van der Waals surface area contributed by atoms with Gasteiger partial charge in [-0.1, -0.05) is 11.5 Å². The van der Waals surface area contributed by atoms with Crippen molar-refractivity contribution in [3.8, 4) is 11.8 Å². The first kappa shape index (κ1) is 20.1. The molecule has 0 fully saturated rings. The van der Waals surface area contributed by atoms with Crippen LogP contribution in [0.1, 0.15) is 28.8 Å². The molecule has 0 amide bonds. The Bertz CT molecular complexity index is 1050. The van der Waals surface area contributed by atoms with E-state index in [0.717, 1.165) is 5.46 Å². The molecule has 1 aliphatic rings. The van der Waals surface area contributed by atoms with Gasteiger partial charge in [-0.3, -0.25) is 9.59 Å². The van der Waals surface area contributed by atoms with Crippen LogP contribution in [0.3, 0.4) is 0 Å². The number of rotatable bonds is 5. The molecule has 0 saturated carbocycles. The Morgan fingerprint density at radius 3 is 2.79 bits per heavy atom. The third kappa shape index (κ3) is 4.43. The van der Waals surface area contributed by atoms with Crippen LogP contribution in [0.2, 0.25) is 0 Å². The fraction of sp³-hybridized carbons (Fsp3) is 0.250. The van der Waals surface area contributed by atoms with E-state index in [1.165, 1.54) is 19.2 Å². The first-order valence-corrected chi connectivity index (χ1v) is 9.07. The van der Waals surface area contributed by atoms with Gasteiger partial charge in [0.25, 0.3) is 0 Å². The van der Waals surface area contributed by atoms with Crippen LogP contribution in [0.15, 0.2) is 40.6 Å². The highest BCUT2D eigenvalue weighted by molar-refractivity contribution is 6.32. The first-order valence-electron chi connectivity index (χ1n) is 9.07. The number of esters is 1. The third-order valence-corrected chi connectivity index (χ3v) is 4.69. The van der Waals surface area contributed by atoms with Gasteiger partial charge < -0.3 is 14.7 Å². The number of anilines is 1. The monoisotopic (exact) mass is 390 g/mol. The molecule has 0 saturated heterocycles. The second-order valence-electron chi connectivity index (χ2n) is 6.68. The van der Waals surface area contributed by atoms with Crippen LogP contribution in [-0.4, -0.2) is 44.9 Å². The molecular weight excluding hydrogens is 371 g/mol. The maximum Gasteiger partial charge on any atom is 0.307 e. The van der Waals surface area contributed by atoms with Crippen LogP contribution in [0.5, 0.6) is 5.75 Å². The molecule has 1 aliphatic heterocycles. The SMILES string of the molecule is Bc1ccc(/N=N/c2cc3c(cc2O)N(CCC(=O)OC)CCC3=O)c(C#N)c1. The molecule has 0 bridgehead atoms. The average molecular weight is 390 g/mol. The number of carbonyl (C=O) groups excluding carboxylic acids is 2. The van der Waals surface area contributed by atoms with Gasteiger partial charge in [-0.25, -0.2) is 0 Å². The zero-order chi connectivity index (χ0) is 21.0. The Labute approximate surface area is 168 Å². The smallest absolute Gasteiger partial charge is 0.307 e. The van der Waals surface area contributed by atoms with Gasteiger partial charge in [-0.2, -0.15) is 5.26 Å². The topological polar surface area (TPSA) is 115 Å². The van der Waals surface area contributed by atoms with Crippen molar-refractivity contribution < 1.29 is 19.4 Å². The summed E-state index contributed by atoms with van der Waals surface area (Å²) >= 11 is 0. The van der Waals surface area contributed by atoms with Crippen LogP contribution >= 0.6 is 0 Å². The van der Waals surface area contributed by atoms with Gasteiger partial charge in [0.05, 0.1) is 24.8 Å². The lowest BCUT2D eigenvalue weighted by Gasteiger charge is -2.30. The van der Waals surface area contributed by atoms with Crippen LogP contribution in [-0.2, 0) is 9.53 Å². The number of aromatic hydroxyl groups is 1.